The number of benzene rings is 1. The molecule has 1 atom stereocenters. The Kier molecular flexibility index (Phi) is 2.74. The van der Waals surface area contributed by atoms with E-state index in [1.807, 2.05) is 31.4 Å². The van der Waals surface area contributed by atoms with Gasteiger partial charge in [0.25, 0.3) is 0 Å². The largest absolute Gasteiger partial charge is 0.308 e. The molecule has 0 spiro atoms. The lowest BCUT2D eigenvalue weighted by Crippen LogP contribution is -2.18. The fraction of sp³-hybridized carbons (Fsp3) is 0.154. The summed E-state index contributed by atoms with van der Waals surface area (Å²) in [6.45, 7) is 0. The van der Waals surface area contributed by atoms with Crippen molar-refractivity contribution in [2.45, 2.75) is 6.04 Å². The normalized spacial score (nSPS) is 12.7. The van der Waals surface area contributed by atoms with E-state index in [9.17, 15) is 0 Å². The van der Waals surface area contributed by atoms with Gasteiger partial charge in [0.2, 0.25) is 0 Å². The first-order valence-electron chi connectivity index (χ1n) is 5.76. The Labute approximate surface area is 104 Å². The minimum absolute atomic E-state index is 0.000793. The topological polar surface area (TPSA) is 66.5 Å². The van der Waals surface area contributed by atoms with Crippen LogP contribution in [0.4, 0.5) is 0 Å². The van der Waals surface area contributed by atoms with Crippen LogP contribution >= 0.6 is 0 Å². The molecule has 0 saturated carbocycles. The number of aromatic nitrogens is 4. The Morgan fingerprint density at radius 1 is 1.22 bits per heavy atom. The van der Waals surface area contributed by atoms with E-state index in [0.29, 0.717) is 0 Å². The quantitative estimate of drug-likeness (QED) is 0.729. The first-order valence-corrected chi connectivity index (χ1v) is 5.76. The summed E-state index contributed by atoms with van der Waals surface area (Å²) in [6, 6.07) is 10.2. The second-order valence-electron chi connectivity index (χ2n) is 4.08. The lowest BCUT2D eigenvalue weighted by molar-refractivity contribution is 0.666. The van der Waals surface area contributed by atoms with E-state index >= 15 is 0 Å². The van der Waals surface area contributed by atoms with Gasteiger partial charge in [0.1, 0.15) is 5.69 Å². The number of para-hydroxylation sites is 1. The third-order valence-electron chi connectivity index (χ3n) is 2.96. The predicted molar refractivity (Wildman–Crippen MR) is 69.0 cm³/mol. The molecule has 2 heterocycles. The van der Waals surface area contributed by atoms with Gasteiger partial charge in [-0.15, -0.1) is 0 Å². The summed E-state index contributed by atoms with van der Waals surface area (Å²) in [6.07, 6.45) is 3.59. The molecule has 0 aliphatic carbocycles. The number of fused-ring (bicyclic) bond motifs is 1. The molecule has 0 aliphatic heterocycles. The highest BCUT2D eigenvalue weighted by molar-refractivity contribution is 5.78. The van der Waals surface area contributed by atoms with Gasteiger partial charge >= 0.3 is 0 Å². The highest BCUT2D eigenvalue weighted by atomic mass is 15.3. The second-order valence-corrected chi connectivity index (χ2v) is 4.08. The first-order chi connectivity index (χ1) is 8.88. The zero-order valence-electron chi connectivity index (χ0n) is 9.96. The maximum absolute atomic E-state index is 4.46. The zero-order chi connectivity index (χ0) is 12.4. The number of hydrogen-bond donors (Lipinski definition) is 2. The maximum Gasteiger partial charge on any atom is 0.104 e. The number of hydrogen-bond acceptors (Lipinski definition) is 4. The van der Waals surface area contributed by atoms with Crippen molar-refractivity contribution < 1.29 is 0 Å². The molecule has 5 nitrogen and oxygen atoms in total. The molecule has 3 rings (SSSR count). The van der Waals surface area contributed by atoms with E-state index in [4.69, 9.17) is 0 Å². The van der Waals surface area contributed by atoms with Crippen molar-refractivity contribution >= 4 is 10.9 Å². The number of nitrogens with zero attached hydrogens (tertiary/aromatic N) is 3. The summed E-state index contributed by atoms with van der Waals surface area (Å²) in [5.41, 5.74) is 2.93. The third kappa shape index (κ3) is 1.84. The molecule has 0 aliphatic rings. The summed E-state index contributed by atoms with van der Waals surface area (Å²) in [4.78, 5) is 4.46. The Morgan fingerprint density at radius 2 is 2.11 bits per heavy atom. The minimum atomic E-state index is 0.000793. The van der Waals surface area contributed by atoms with Crippen molar-refractivity contribution in [1.82, 2.24) is 25.7 Å². The van der Waals surface area contributed by atoms with Crippen LogP contribution in [0.2, 0.25) is 0 Å². The van der Waals surface area contributed by atoms with Crippen LogP contribution in [0.1, 0.15) is 17.3 Å². The highest BCUT2D eigenvalue weighted by Crippen LogP contribution is 2.21. The average Bonchev–Trinajstić information content (AvgIpc) is 2.93. The van der Waals surface area contributed by atoms with Gasteiger partial charge in [0, 0.05) is 11.6 Å². The van der Waals surface area contributed by atoms with Crippen LogP contribution in [0.15, 0.2) is 42.7 Å². The van der Waals surface area contributed by atoms with E-state index < -0.39 is 0 Å². The average molecular weight is 239 g/mol. The molecule has 0 bridgehead atoms. The monoisotopic (exact) mass is 239 g/mol. The molecule has 0 amide bonds. The first kappa shape index (κ1) is 10.9. The Hall–Kier alpha value is -2.27. The van der Waals surface area contributed by atoms with E-state index in [-0.39, 0.29) is 6.04 Å². The number of rotatable bonds is 3. The van der Waals surface area contributed by atoms with E-state index in [0.717, 1.165) is 22.2 Å². The Balaban J connectivity index is 2.07. The number of aromatic amines is 1. The van der Waals surface area contributed by atoms with E-state index in [1.165, 1.54) is 0 Å². The van der Waals surface area contributed by atoms with Crippen molar-refractivity contribution in [3.05, 3.63) is 54.0 Å². The summed E-state index contributed by atoms with van der Waals surface area (Å²) < 4.78 is 0. The van der Waals surface area contributed by atoms with Crippen LogP contribution in [0.3, 0.4) is 0 Å². The molecule has 0 saturated heterocycles. The molecule has 2 aromatic heterocycles. The lowest BCUT2D eigenvalue weighted by atomic mass is 10.0. The summed E-state index contributed by atoms with van der Waals surface area (Å²) in [5.74, 6) is 0. The van der Waals surface area contributed by atoms with Crippen LogP contribution < -0.4 is 5.32 Å². The molecule has 90 valence electrons. The van der Waals surface area contributed by atoms with Gasteiger partial charge in [-0.2, -0.15) is 15.4 Å². The molecule has 0 radical (unpaired) electrons. The van der Waals surface area contributed by atoms with Crippen molar-refractivity contribution in [3.8, 4) is 0 Å². The maximum atomic E-state index is 4.46. The standard InChI is InChI=1S/C13H13N5/c1-14-13(12-8-16-18-17-12)10-6-9-4-2-3-5-11(9)15-7-10/h2-8,13-14H,1H3,(H,16,17,18). The molecular formula is C13H13N5. The SMILES string of the molecule is CNC(c1cnc2ccccc2c1)c1cn[nH]n1. The van der Waals surface area contributed by atoms with Gasteiger partial charge in [-0.3, -0.25) is 4.98 Å². The molecule has 2 N–H and O–H groups in total. The molecule has 3 aromatic rings. The molecular weight excluding hydrogens is 226 g/mol. The van der Waals surface area contributed by atoms with Gasteiger partial charge in [-0.05, 0) is 24.7 Å². The predicted octanol–water partition coefficient (Wildman–Crippen LogP) is 1.66. The minimum Gasteiger partial charge on any atom is -0.308 e. The van der Waals surface area contributed by atoms with Gasteiger partial charge in [-0.1, -0.05) is 18.2 Å². The third-order valence-corrected chi connectivity index (χ3v) is 2.96. The molecule has 0 fully saturated rings. The van der Waals surface area contributed by atoms with Crippen molar-refractivity contribution in [1.29, 1.82) is 0 Å². The zero-order valence-corrected chi connectivity index (χ0v) is 9.96. The lowest BCUT2D eigenvalue weighted by Gasteiger charge is -2.13. The van der Waals surface area contributed by atoms with Gasteiger partial charge in [-0.25, -0.2) is 0 Å². The van der Waals surface area contributed by atoms with Crippen LogP contribution in [0, 0.1) is 0 Å². The fourth-order valence-corrected chi connectivity index (χ4v) is 2.08. The van der Waals surface area contributed by atoms with Crippen LogP contribution in [0.25, 0.3) is 10.9 Å². The van der Waals surface area contributed by atoms with Gasteiger partial charge in [0.15, 0.2) is 0 Å². The number of nitrogens with one attached hydrogen (secondary N) is 2. The van der Waals surface area contributed by atoms with Crippen molar-refractivity contribution in [3.63, 3.8) is 0 Å². The van der Waals surface area contributed by atoms with Crippen molar-refractivity contribution in [2.24, 2.45) is 0 Å². The smallest absolute Gasteiger partial charge is 0.104 e. The summed E-state index contributed by atoms with van der Waals surface area (Å²) >= 11 is 0. The summed E-state index contributed by atoms with van der Waals surface area (Å²) in [7, 11) is 1.90. The summed E-state index contributed by atoms with van der Waals surface area (Å²) in [5, 5.41) is 14.9. The van der Waals surface area contributed by atoms with E-state index in [1.54, 1.807) is 6.20 Å². The van der Waals surface area contributed by atoms with Crippen LogP contribution in [0.5, 0.6) is 0 Å². The molecule has 18 heavy (non-hydrogen) atoms. The fourth-order valence-electron chi connectivity index (χ4n) is 2.08. The molecule has 1 aromatic carbocycles. The van der Waals surface area contributed by atoms with Crippen LogP contribution in [-0.4, -0.2) is 27.4 Å². The van der Waals surface area contributed by atoms with Gasteiger partial charge in [0.05, 0.1) is 17.8 Å². The highest BCUT2D eigenvalue weighted by Gasteiger charge is 2.15. The van der Waals surface area contributed by atoms with E-state index in [2.05, 4.69) is 37.8 Å². The van der Waals surface area contributed by atoms with Crippen LogP contribution in [-0.2, 0) is 0 Å². The second kappa shape index (κ2) is 4.54. The Bertz CT molecular complexity index is 647. The Morgan fingerprint density at radius 3 is 2.89 bits per heavy atom. The number of pyridine rings is 1. The number of H-pyrrole nitrogens is 1. The van der Waals surface area contributed by atoms with Crippen molar-refractivity contribution in [2.75, 3.05) is 7.05 Å². The van der Waals surface area contributed by atoms with Gasteiger partial charge < -0.3 is 5.32 Å². The molecule has 5 heteroatoms. The molecule has 1 unspecified atom stereocenters.